The van der Waals surface area contributed by atoms with Crippen LogP contribution in [0.1, 0.15) is 55.4 Å². The molecule has 0 amide bonds. The lowest BCUT2D eigenvalue weighted by Crippen LogP contribution is -2.53. The molecule has 1 heterocycles. The highest BCUT2D eigenvalue weighted by molar-refractivity contribution is 5.72. The first-order valence-corrected chi connectivity index (χ1v) is 11.6. The Labute approximate surface area is 195 Å². The van der Waals surface area contributed by atoms with Gasteiger partial charge in [0, 0.05) is 25.2 Å². The SMILES string of the molecule is COc1cc(C(C)C)ccc1COc1ccc2c(c1)CCC(CN1CC(OC(=O)O)C1)=C2C. The Hall–Kier alpha value is -2.99. The highest BCUT2D eigenvalue weighted by Crippen LogP contribution is 2.35. The van der Waals surface area contributed by atoms with E-state index >= 15 is 0 Å². The summed E-state index contributed by atoms with van der Waals surface area (Å²) >= 11 is 0. The number of likely N-dealkylation sites (tertiary alicyclic amines) is 1. The van der Waals surface area contributed by atoms with E-state index in [0.717, 1.165) is 36.4 Å². The molecule has 0 spiro atoms. The van der Waals surface area contributed by atoms with Gasteiger partial charge >= 0.3 is 6.16 Å². The Morgan fingerprint density at radius 3 is 2.64 bits per heavy atom. The number of carboxylic acid groups (broad SMARTS) is 1. The summed E-state index contributed by atoms with van der Waals surface area (Å²) < 4.78 is 16.5. The summed E-state index contributed by atoms with van der Waals surface area (Å²) in [6.45, 7) is 9.21. The van der Waals surface area contributed by atoms with Gasteiger partial charge in [0.2, 0.25) is 0 Å². The Morgan fingerprint density at radius 1 is 1.15 bits per heavy atom. The molecular weight excluding hydrogens is 418 g/mol. The van der Waals surface area contributed by atoms with Crippen LogP contribution in [0.4, 0.5) is 4.79 Å². The van der Waals surface area contributed by atoms with Crippen molar-refractivity contribution >= 4 is 11.7 Å². The van der Waals surface area contributed by atoms with Crippen LogP contribution in [0.15, 0.2) is 42.0 Å². The fraction of sp³-hybridized carbons (Fsp3) is 0.444. The molecule has 33 heavy (non-hydrogen) atoms. The summed E-state index contributed by atoms with van der Waals surface area (Å²) in [5, 5.41) is 8.72. The van der Waals surface area contributed by atoms with Crippen LogP contribution >= 0.6 is 0 Å². The second-order valence-electron chi connectivity index (χ2n) is 9.26. The molecular formula is C27H33NO5. The van der Waals surface area contributed by atoms with E-state index in [1.807, 2.05) is 6.07 Å². The number of rotatable bonds is 8. The number of hydrogen-bond donors (Lipinski definition) is 1. The lowest BCUT2D eigenvalue weighted by atomic mass is 9.85. The minimum Gasteiger partial charge on any atom is -0.496 e. The molecule has 1 N–H and O–H groups in total. The highest BCUT2D eigenvalue weighted by Gasteiger charge is 2.31. The van der Waals surface area contributed by atoms with Crippen LogP contribution in [-0.4, -0.2) is 49.0 Å². The van der Waals surface area contributed by atoms with E-state index in [0.29, 0.717) is 25.6 Å². The molecule has 6 nitrogen and oxygen atoms in total. The van der Waals surface area contributed by atoms with E-state index < -0.39 is 6.16 Å². The fourth-order valence-corrected chi connectivity index (χ4v) is 4.63. The first-order chi connectivity index (χ1) is 15.8. The number of allylic oxidation sites excluding steroid dienone is 1. The molecule has 0 radical (unpaired) electrons. The normalized spacial score (nSPS) is 16.4. The molecule has 0 bridgehead atoms. The maximum absolute atomic E-state index is 10.6. The zero-order valence-electron chi connectivity index (χ0n) is 19.9. The zero-order valence-corrected chi connectivity index (χ0v) is 19.9. The molecule has 2 aromatic rings. The van der Waals surface area contributed by atoms with E-state index in [2.05, 4.69) is 56.0 Å². The maximum Gasteiger partial charge on any atom is 0.506 e. The summed E-state index contributed by atoms with van der Waals surface area (Å²) in [6.07, 6.45) is 0.604. The number of hydrogen-bond acceptors (Lipinski definition) is 5. The van der Waals surface area contributed by atoms with E-state index in [1.54, 1.807) is 7.11 Å². The number of benzene rings is 2. The standard InChI is InChI=1S/C27H33NO5/c1-17(2)19-5-8-22(26(12-19)31-4)16-32-23-9-10-25-18(3)21(7-6-20(25)11-23)13-28-14-24(15-28)33-27(29)30/h5,8-12,17,24H,6-7,13-16H2,1-4H3,(H,29,30). The van der Waals surface area contributed by atoms with Crippen LogP contribution in [0.2, 0.25) is 0 Å². The van der Waals surface area contributed by atoms with Crippen molar-refractivity contribution in [3.63, 3.8) is 0 Å². The van der Waals surface area contributed by atoms with Gasteiger partial charge in [-0.25, -0.2) is 4.79 Å². The van der Waals surface area contributed by atoms with Crippen LogP contribution in [0.5, 0.6) is 11.5 Å². The third kappa shape index (κ3) is 5.33. The quantitative estimate of drug-likeness (QED) is 0.535. The molecule has 1 aliphatic heterocycles. The van der Waals surface area contributed by atoms with Crippen molar-refractivity contribution in [2.75, 3.05) is 26.7 Å². The number of methoxy groups -OCH3 is 1. The first kappa shape index (κ1) is 23.2. The smallest absolute Gasteiger partial charge is 0.496 e. The van der Waals surface area contributed by atoms with Crippen molar-refractivity contribution in [3.8, 4) is 11.5 Å². The van der Waals surface area contributed by atoms with Gasteiger partial charge in [-0.1, -0.05) is 37.6 Å². The minimum atomic E-state index is -1.19. The Morgan fingerprint density at radius 2 is 1.94 bits per heavy atom. The van der Waals surface area contributed by atoms with Gasteiger partial charge in [-0.05, 0) is 66.1 Å². The fourth-order valence-electron chi connectivity index (χ4n) is 4.63. The van der Waals surface area contributed by atoms with Crippen LogP contribution in [0.25, 0.3) is 5.57 Å². The maximum atomic E-state index is 10.6. The van der Waals surface area contributed by atoms with Crippen molar-refractivity contribution in [1.82, 2.24) is 4.90 Å². The molecule has 1 saturated heterocycles. The number of ether oxygens (including phenoxy) is 3. The number of carbonyl (C=O) groups is 1. The van der Waals surface area contributed by atoms with Crippen LogP contribution in [-0.2, 0) is 17.8 Å². The molecule has 6 heteroatoms. The van der Waals surface area contributed by atoms with Crippen LogP contribution in [0, 0.1) is 0 Å². The predicted molar refractivity (Wildman–Crippen MR) is 128 cm³/mol. The monoisotopic (exact) mass is 451 g/mol. The Kier molecular flexibility index (Phi) is 6.94. The van der Waals surface area contributed by atoms with Gasteiger partial charge in [-0.15, -0.1) is 0 Å². The summed E-state index contributed by atoms with van der Waals surface area (Å²) in [6, 6.07) is 12.7. The van der Waals surface area contributed by atoms with Crippen LogP contribution in [0.3, 0.4) is 0 Å². The molecule has 2 aliphatic rings. The lowest BCUT2D eigenvalue weighted by Gasteiger charge is -2.39. The van der Waals surface area contributed by atoms with Crippen molar-refractivity contribution in [2.24, 2.45) is 0 Å². The number of nitrogens with zero attached hydrogens (tertiary/aromatic N) is 1. The summed E-state index contributed by atoms with van der Waals surface area (Å²) in [4.78, 5) is 12.9. The second-order valence-corrected chi connectivity index (χ2v) is 9.26. The van der Waals surface area contributed by atoms with Crippen molar-refractivity contribution in [3.05, 3.63) is 64.2 Å². The van der Waals surface area contributed by atoms with Gasteiger partial charge in [-0.2, -0.15) is 0 Å². The first-order valence-electron chi connectivity index (χ1n) is 11.6. The summed E-state index contributed by atoms with van der Waals surface area (Å²) in [5.41, 5.74) is 7.62. The molecule has 0 aromatic heterocycles. The van der Waals surface area contributed by atoms with Gasteiger partial charge in [-0.3, -0.25) is 4.90 Å². The Bertz CT molecular complexity index is 1050. The van der Waals surface area contributed by atoms with E-state index in [4.69, 9.17) is 19.3 Å². The van der Waals surface area contributed by atoms with Gasteiger partial charge in [0.05, 0.1) is 7.11 Å². The average molecular weight is 452 g/mol. The van der Waals surface area contributed by atoms with Crippen molar-refractivity contribution in [1.29, 1.82) is 0 Å². The Balaban J connectivity index is 1.39. The van der Waals surface area contributed by atoms with E-state index in [-0.39, 0.29) is 6.10 Å². The predicted octanol–water partition coefficient (Wildman–Crippen LogP) is 5.50. The minimum absolute atomic E-state index is 0.195. The van der Waals surface area contributed by atoms with Gasteiger partial charge < -0.3 is 19.3 Å². The molecule has 1 fully saturated rings. The number of aryl methyl sites for hydroxylation is 1. The molecule has 2 aromatic carbocycles. The lowest BCUT2D eigenvalue weighted by molar-refractivity contribution is -0.0292. The largest absolute Gasteiger partial charge is 0.506 e. The van der Waals surface area contributed by atoms with Crippen LogP contribution < -0.4 is 9.47 Å². The molecule has 0 unspecified atom stereocenters. The topological polar surface area (TPSA) is 68.2 Å². The van der Waals surface area contributed by atoms with E-state index in [1.165, 1.54) is 27.8 Å². The second kappa shape index (κ2) is 9.87. The van der Waals surface area contributed by atoms with Gasteiger partial charge in [0.25, 0.3) is 0 Å². The summed E-state index contributed by atoms with van der Waals surface area (Å²) in [5.74, 6) is 2.19. The molecule has 4 rings (SSSR count). The zero-order chi connectivity index (χ0) is 23.5. The van der Waals surface area contributed by atoms with Gasteiger partial charge in [0.1, 0.15) is 24.2 Å². The molecule has 176 valence electrons. The highest BCUT2D eigenvalue weighted by atomic mass is 16.7. The van der Waals surface area contributed by atoms with Crippen molar-refractivity contribution < 1.29 is 24.1 Å². The molecule has 0 saturated carbocycles. The molecule has 0 atom stereocenters. The van der Waals surface area contributed by atoms with Crippen molar-refractivity contribution in [2.45, 2.75) is 52.2 Å². The third-order valence-electron chi connectivity index (χ3n) is 6.68. The summed E-state index contributed by atoms with van der Waals surface area (Å²) in [7, 11) is 1.70. The van der Waals surface area contributed by atoms with Gasteiger partial charge in [0.15, 0.2) is 0 Å². The third-order valence-corrected chi connectivity index (χ3v) is 6.68. The number of fused-ring (bicyclic) bond motifs is 1. The molecule has 1 aliphatic carbocycles. The van der Waals surface area contributed by atoms with E-state index in [9.17, 15) is 4.79 Å². The average Bonchev–Trinajstić information content (AvgIpc) is 2.77.